The van der Waals surface area contributed by atoms with Crippen molar-refractivity contribution in [2.45, 2.75) is 18.4 Å². The van der Waals surface area contributed by atoms with E-state index in [1.165, 1.54) is 0 Å². The summed E-state index contributed by atoms with van der Waals surface area (Å²) in [5.41, 5.74) is 0.277. The van der Waals surface area contributed by atoms with Crippen LogP contribution in [0.5, 0.6) is 5.75 Å². The summed E-state index contributed by atoms with van der Waals surface area (Å²) >= 11 is 5.93. The molecule has 0 aromatic heterocycles. The zero-order valence-electron chi connectivity index (χ0n) is 9.03. The van der Waals surface area contributed by atoms with Crippen LogP contribution in [0, 0.1) is 0 Å². The molecule has 0 aliphatic carbocycles. The van der Waals surface area contributed by atoms with Crippen molar-refractivity contribution >= 4 is 17.6 Å². The quantitative estimate of drug-likeness (QED) is 0.602. The van der Waals surface area contributed by atoms with Gasteiger partial charge in [0.25, 0.3) is 0 Å². The minimum atomic E-state index is -0.648. The lowest BCUT2D eigenvalue weighted by Gasteiger charge is -2.25. The highest BCUT2D eigenvalue weighted by Gasteiger charge is 2.41. The van der Waals surface area contributed by atoms with E-state index in [0.29, 0.717) is 12.8 Å². The summed E-state index contributed by atoms with van der Waals surface area (Å²) in [4.78, 5) is 11.2. The molecule has 86 valence electrons. The van der Waals surface area contributed by atoms with Gasteiger partial charge < -0.3 is 9.47 Å². The molecular formula is C12H13ClO3. The molecule has 3 nitrogen and oxygen atoms in total. The smallest absolute Gasteiger partial charge is 0.306 e. The van der Waals surface area contributed by atoms with Crippen LogP contribution in [0.1, 0.15) is 18.4 Å². The number of hydrogen-bond acceptors (Lipinski definition) is 3. The second-order valence-electron chi connectivity index (χ2n) is 3.83. The molecular weight excluding hydrogens is 228 g/mol. The average molecular weight is 241 g/mol. The molecule has 0 spiro atoms. The lowest BCUT2D eigenvalue weighted by molar-refractivity contribution is -0.147. The predicted octanol–water partition coefficient (Wildman–Crippen LogP) is 2.47. The van der Waals surface area contributed by atoms with Crippen molar-refractivity contribution in [1.29, 1.82) is 0 Å². The molecule has 1 saturated heterocycles. The third-order valence-electron chi connectivity index (χ3n) is 2.87. The van der Waals surface area contributed by atoms with Crippen molar-refractivity contribution in [3.05, 3.63) is 29.8 Å². The zero-order valence-corrected chi connectivity index (χ0v) is 9.79. The molecule has 1 heterocycles. The van der Waals surface area contributed by atoms with Gasteiger partial charge in [-0.25, -0.2) is 0 Å². The normalized spacial score (nSPS) is 24.2. The Morgan fingerprint density at radius 2 is 2.12 bits per heavy atom. The Labute approximate surface area is 99.3 Å². The molecule has 1 aliphatic heterocycles. The number of ether oxygens (including phenoxy) is 2. The third kappa shape index (κ3) is 1.87. The Bertz CT molecular complexity index is 388. The van der Waals surface area contributed by atoms with Crippen LogP contribution in [0.3, 0.4) is 0 Å². The summed E-state index contributed by atoms with van der Waals surface area (Å²) in [6, 6.07) is 7.46. The van der Waals surface area contributed by atoms with Gasteiger partial charge in [-0.2, -0.15) is 0 Å². The van der Waals surface area contributed by atoms with E-state index in [2.05, 4.69) is 0 Å². The van der Waals surface area contributed by atoms with Gasteiger partial charge in [0, 0.05) is 12.8 Å². The van der Waals surface area contributed by atoms with Crippen molar-refractivity contribution in [1.82, 2.24) is 0 Å². The monoisotopic (exact) mass is 240 g/mol. The minimum Gasteiger partial charge on any atom is -0.497 e. The van der Waals surface area contributed by atoms with Crippen LogP contribution in [0.4, 0.5) is 0 Å². The predicted molar refractivity (Wildman–Crippen MR) is 60.7 cm³/mol. The fourth-order valence-electron chi connectivity index (χ4n) is 1.89. The van der Waals surface area contributed by atoms with Gasteiger partial charge in [0.2, 0.25) is 0 Å². The summed E-state index contributed by atoms with van der Waals surface area (Å²) in [7, 11) is 1.61. The summed E-state index contributed by atoms with van der Waals surface area (Å²) in [6.45, 7) is 0. The van der Waals surface area contributed by atoms with Crippen molar-refractivity contribution in [3.63, 3.8) is 0 Å². The number of benzene rings is 1. The van der Waals surface area contributed by atoms with Gasteiger partial charge in [-0.3, -0.25) is 4.79 Å². The first kappa shape index (κ1) is 11.3. The number of halogens is 1. The topological polar surface area (TPSA) is 35.5 Å². The highest BCUT2D eigenvalue weighted by Crippen LogP contribution is 2.38. The number of esters is 1. The van der Waals surface area contributed by atoms with E-state index in [1.54, 1.807) is 7.11 Å². The van der Waals surface area contributed by atoms with Crippen molar-refractivity contribution in [3.8, 4) is 5.75 Å². The van der Waals surface area contributed by atoms with Gasteiger partial charge in [0.1, 0.15) is 5.75 Å². The van der Waals surface area contributed by atoms with Crippen LogP contribution in [0.2, 0.25) is 0 Å². The first-order valence-corrected chi connectivity index (χ1v) is 5.66. The van der Waals surface area contributed by atoms with Gasteiger partial charge >= 0.3 is 5.97 Å². The Kier molecular flexibility index (Phi) is 3.06. The summed E-state index contributed by atoms with van der Waals surface area (Å²) in [5.74, 6) is 0.875. The van der Waals surface area contributed by atoms with E-state index >= 15 is 0 Å². The Morgan fingerprint density at radius 1 is 1.44 bits per heavy atom. The van der Waals surface area contributed by atoms with E-state index in [1.807, 2.05) is 24.3 Å². The molecule has 0 unspecified atom stereocenters. The first-order valence-electron chi connectivity index (χ1n) is 5.12. The lowest BCUT2D eigenvalue weighted by atomic mass is 9.93. The van der Waals surface area contributed by atoms with Gasteiger partial charge in [-0.05, 0) is 17.7 Å². The van der Waals surface area contributed by atoms with E-state index in [9.17, 15) is 4.79 Å². The molecule has 4 heteroatoms. The highest BCUT2D eigenvalue weighted by atomic mass is 35.5. The minimum absolute atomic E-state index is 0.184. The van der Waals surface area contributed by atoms with Crippen molar-refractivity contribution in [2.75, 3.05) is 13.0 Å². The number of rotatable bonds is 3. The van der Waals surface area contributed by atoms with Crippen molar-refractivity contribution in [2.24, 2.45) is 0 Å². The second-order valence-corrected chi connectivity index (χ2v) is 4.10. The largest absolute Gasteiger partial charge is 0.497 e. The number of cyclic esters (lactones) is 1. The number of hydrogen-bond donors (Lipinski definition) is 0. The SMILES string of the molecule is COc1ccc([C@]2(CCl)CCC(=O)O2)cc1. The number of alkyl halides is 1. The molecule has 0 bridgehead atoms. The molecule has 1 aromatic carbocycles. The molecule has 2 rings (SSSR count). The van der Waals surface area contributed by atoms with Gasteiger partial charge in [-0.1, -0.05) is 12.1 Å². The fourth-order valence-corrected chi connectivity index (χ4v) is 2.24. The van der Waals surface area contributed by atoms with Gasteiger partial charge in [-0.15, -0.1) is 11.6 Å². The number of carbonyl (C=O) groups excluding carboxylic acids is 1. The molecule has 1 fully saturated rings. The summed E-state index contributed by atoms with van der Waals surface area (Å²) in [6.07, 6.45) is 1.07. The standard InChI is InChI=1S/C12H13ClO3/c1-15-10-4-2-9(3-5-10)12(8-13)7-6-11(14)16-12/h2-5H,6-8H2,1H3/t12-/m1/s1. The Hall–Kier alpha value is -1.22. The van der Waals surface area contributed by atoms with E-state index in [-0.39, 0.29) is 11.8 Å². The molecule has 0 N–H and O–H groups in total. The van der Waals surface area contributed by atoms with Crippen LogP contribution in [0.25, 0.3) is 0 Å². The van der Waals surface area contributed by atoms with Crippen LogP contribution in [0.15, 0.2) is 24.3 Å². The maximum absolute atomic E-state index is 11.2. The van der Waals surface area contributed by atoms with Crippen LogP contribution in [-0.2, 0) is 15.1 Å². The first-order chi connectivity index (χ1) is 7.70. The van der Waals surface area contributed by atoms with Crippen LogP contribution < -0.4 is 4.74 Å². The summed E-state index contributed by atoms with van der Waals surface area (Å²) < 4.78 is 10.4. The van der Waals surface area contributed by atoms with Gasteiger partial charge in [0.15, 0.2) is 5.60 Å². The average Bonchev–Trinajstić information content (AvgIpc) is 2.72. The molecule has 1 atom stereocenters. The van der Waals surface area contributed by atoms with Crippen LogP contribution in [-0.4, -0.2) is 19.0 Å². The fraction of sp³-hybridized carbons (Fsp3) is 0.417. The Morgan fingerprint density at radius 3 is 2.56 bits per heavy atom. The number of carbonyl (C=O) groups is 1. The summed E-state index contributed by atoms with van der Waals surface area (Å²) in [5, 5.41) is 0. The molecule has 16 heavy (non-hydrogen) atoms. The van der Waals surface area contributed by atoms with Gasteiger partial charge in [0.05, 0.1) is 13.0 Å². The zero-order chi connectivity index (χ0) is 11.6. The van der Waals surface area contributed by atoms with E-state index in [0.717, 1.165) is 11.3 Å². The molecule has 1 aromatic rings. The second kappa shape index (κ2) is 4.34. The highest BCUT2D eigenvalue weighted by molar-refractivity contribution is 6.18. The third-order valence-corrected chi connectivity index (χ3v) is 3.31. The lowest BCUT2D eigenvalue weighted by Crippen LogP contribution is -2.27. The van der Waals surface area contributed by atoms with Crippen molar-refractivity contribution < 1.29 is 14.3 Å². The molecule has 0 radical (unpaired) electrons. The number of methoxy groups -OCH3 is 1. The van der Waals surface area contributed by atoms with Crippen LogP contribution >= 0.6 is 11.6 Å². The molecule has 1 aliphatic rings. The molecule has 0 saturated carbocycles. The van der Waals surface area contributed by atoms with E-state index in [4.69, 9.17) is 21.1 Å². The Balaban J connectivity index is 2.30. The van der Waals surface area contributed by atoms with E-state index < -0.39 is 5.60 Å². The molecule has 0 amide bonds. The maximum Gasteiger partial charge on any atom is 0.306 e. The maximum atomic E-state index is 11.2.